The van der Waals surface area contributed by atoms with E-state index in [0.29, 0.717) is 5.41 Å². The summed E-state index contributed by atoms with van der Waals surface area (Å²) in [5.74, 6) is 0.677. The molecule has 134 valence electrons. The number of benzene rings is 1. The number of hydrogen-bond acceptors (Lipinski definition) is 3. The van der Waals surface area contributed by atoms with Crippen LogP contribution in [0.2, 0.25) is 0 Å². The van der Waals surface area contributed by atoms with Crippen molar-refractivity contribution in [2.45, 2.75) is 39.2 Å². The first kappa shape index (κ1) is 17.8. The fourth-order valence-electron chi connectivity index (χ4n) is 3.84. The molecule has 3 nitrogen and oxygen atoms in total. The van der Waals surface area contributed by atoms with Crippen molar-refractivity contribution in [3.63, 3.8) is 0 Å². The molecule has 0 atom stereocenters. The average molecular weight is 334 g/mol. The first-order chi connectivity index (χ1) is 11.6. The lowest BCUT2D eigenvalue weighted by Gasteiger charge is -2.35. The zero-order valence-electron chi connectivity index (χ0n) is 14.9. The Bertz CT molecular complexity index is 508. The summed E-state index contributed by atoms with van der Waals surface area (Å²) in [6.07, 6.45) is 4.75. The Morgan fingerprint density at radius 1 is 1.21 bits per heavy atom. The molecule has 2 saturated heterocycles. The third-order valence-corrected chi connectivity index (χ3v) is 5.74. The molecule has 1 aromatic rings. The van der Waals surface area contributed by atoms with Gasteiger partial charge in [-0.15, -0.1) is 0 Å². The Hall–Kier alpha value is -0.970. The van der Waals surface area contributed by atoms with Crippen LogP contribution in [0.3, 0.4) is 0 Å². The van der Waals surface area contributed by atoms with E-state index in [4.69, 9.17) is 4.74 Å². The van der Waals surface area contributed by atoms with E-state index in [0.717, 1.165) is 57.4 Å². The molecule has 0 spiro atoms. The lowest BCUT2D eigenvalue weighted by molar-refractivity contribution is 0.0234. The molecular formula is C20H31FN2O. The molecule has 0 radical (unpaired) electrons. The van der Waals surface area contributed by atoms with Crippen LogP contribution in [0.5, 0.6) is 0 Å². The summed E-state index contributed by atoms with van der Waals surface area (Å²) < 4.78 is 19.2. The minimum absolute atomic E-state index is 0.0778. The molecular weight excluding hydrogens is 303 g/mol. The van der Waals surface area contributed by atoms with Crippen molar-refractivity contribution in [1.29, 1.82) is 0 Å². The molecule has 1 N–H and O–H groups in total. The Labute approximate surface area is 145 Å². The smallest absolute Gasteiger partial charge is 0.127 e. The average Bonchev–Trinajstić information content (AvgIpc) is 2.59. The number of piperidine rings is 1. The second-order valence-electron chi connectivity index (χ2n) is 7.86. The Balaban J connectivity index is 1.35. The molecule has 0 saturated carbocycles. The monoisotopic (exact) mass is 334 g/mol. The van der Waals surface area contributed by atoms with Gasteiger partial charge in [0, 0.05) is 31.9 Å². The maximum absolute atomic E-state index is 13.8. The van der Waals surface area contributed by atoms with Crippen LogP contribution in [-0.4, -0.2) is 44.3 Å². The lowest BCUT2D eigenvalue weighted by atomic mass is 9.82. The molecule has 1 aromatic carbocycles. The van der Waals surface area contributed by atoms with Gasteiger partial charge in [0.15, 0.2) is 0 Å². The van der Waals surface area contributed by atoms with E-state index in [1.54, 1.807) is 12.1 Å². The summed E-state index contributed by atoms with van der Waals surface area (Å²) in [7, 11) is 0. The molecule has 2 heterocycles. The van der Waals surface area contributed by atoms with Gasteiger partial charge in [0.05, 0.1) is 0 Å². The van der Waals surface area contributed by atoms with Gasteiger partial charge in [-0.25, -0.2) is 4.39 Å². The summed E-state index contributed by atoms with van der Waals surface area (Å²) in [4.78, 5) is 2.38. The summed E-state index contributed by atoms with van der Waals surface area (Å²) >= 11 is 0. The minimum Gasteiger partial charge on any atom is -0.381 e. The van der Waals surface area contributed by atoms with Crippen LogP contribution in [-0.2, 0) is 11.3 Å². The van der Waals surface area contributed by atoms with E-state index in [2.05, 4.69) is 17.1 Å². The van der Waals surface area contributed by atoms with Crippen LogP contribution in [0.1, 0.15) is 38.2 Å². The minimum atomic E-state index is -0.0778. The van der Waals surface area contributed by atoms with Crippen LogP contribution in [0.4, 0.5) is 4.39 Å². The highest BCUT2D eigenvalue weighted by molar-refractivity contribution is 5.17. The van der Waals surface area contributed by atoms with E-state index < -0.39 is 0 Å². The van der Waals surface area contributed by atoms with Gasteiger partial charge in [-0.1, -0.05) is 25.1 Å². The third-order valence-electron chi connectivity index (χ3n) is 5.74. The van der Waals surface area contributed by atoms with Gasteiger partial charge in [0.25, 0.3) is 0 Å². The summed E-state index contributed by atoms with van der Waals surface area (Å²) in [6.45, 7) is 9.30. The third kappa shape index (κ3) is 5.01. The van der Waals surface area contributed by atoms with Crippen molar-refractivity contribution in [2.24, 2.45) is 11.3 Å². The van der Waals surface area contributed by atoms with Crippen LogP contribution < -0.4 is 5.32 Å². The maximum Gasteiger partial charge on any atom is 0.127 e. The van der Waals surface area contributed by atoms with Crippen molar-refractivity contribution in [3.8, 4) is 0 Å². The highest BCUT2D eigenvalue weighted by atomic mass is 19.1. The second kappa shape index (κ2) is 8.41. The molecule has 2 aliphatic heterocycles. The van der Waals surface area contributed by atoms with Gasteiger partial charge < -0.3 is 10.1 Å². The van der Waals surface area contributed by atoms with Gasteiger partial charge in [-0.05, 0) is 62.7 Å². The van der Waals surface area contributed by atoms with Gasteiger partial charge in [0.2, 0.25) is 0 Å². The first-order valence-corrected chi connectivity index (χ1v) is 9.39. The number of halogens is 1. The van der Waals surface area contributed by atoms with Crippen LogP contribution in [0.15, 0.2) is 24.3 Å². The fraction of sp³-hybridized carbons (Fsp3) is 0.700. The number of rotatable bonds is 6. The van der Waals surface area contributed by atoms with E-state index in [1.165, 1.54) is 25.7 Å². The molecule has 0 unspecified atom stereocenters. The van der Waals surface area contributed by atoms with Gasteiger partial charge in [-0.3, -0.25) is 4.90 Å². The van der Waals surface area contributed by atoms with E-state index >= 15 is 0 Å². The van der Waals surface area contributed by atoms with E-state index in [-0.39, 0.29) is 5.82 Å². The number of likely N-dealkylation sites (tertiary alicyclic amines) is 1. The zero-order valence-corrected chi connectivity index (χ0v) is 14.9. The molecule has 2 aliphatic rings. The first-order valence-electron chi connectivity index (χ1n) is 9.39. The van der Waals surface area contributed by atoms with Crippen molar-refractivity contribution in [2.75, 3.05) is 39.4 Å². The van der Waals surface area contributed by atoms with Crippen LogP contribution in [0.25, 0.3) is 0 Å². The quantitative estimate of drug-likeness (QED) is 0.862. The summed E-state index contributed by atoms with van der Waals surface area (Å²) in [6, 6.07) is 7.14. The summed E-state index contributed by atoms with van der Waals surface area (Å²) in [5, 5.41) is 3.70. The van der Waals surface area contributed by atoms with Crippen molar-refractivity contribution in [3.05, 3.63) is 35.6 Å². The Kier molecular flexibility index (Phi) is 6.25. The fourth-order valence-corrected chi connectivity index (χ4v) is 3.84. The molecule has 4 heteroatoms. The summed E-state index contributed by atoms with van der Waals surface area (Å²) in [5.41, 5.74) is 1.23. The number of nitrogens with one attached hydrogen (secondary N) is 1. The van der Waals surface area contributed by atoms with E-state index in [9.17, 15) is 4.39 Å². The molecule has 3 rings (SSSR count). The maximum atomic E-state index is 13.8. The number of ether oxygens (including phenoxy) is 1. The van der Waals surface area contributed by atoms with Crippen molar-refractivity contribution in [1.82, 2.24) is 10.2 Å². The van der Waals surface area contributed by atoms with E-state index in [1.807, 2.05) is 12.1 Å². The van der Waals surface area contributed by atoms with Gasteiger partial charge in [-0.2, -0.15) is 0 Å². The zero-order chi connectivity index (χ0) is 16.8. The predicted molar refractivity (Wildman–Crippen MR) is 95.4 cm³/mol. The normalized spacial score (nSPS) is 22.6. The topological polar surface area (TPSA) is 24.5 Å². The highest BCUT2D eigenvalue weighted by Crippen LogP contribution is 2.29. The Morgan fingerprint density at radius 2 is 1.92 bits per heavy atom. The highest BCUT2D eigenvalue weighted by Gasteiger charge is 2.27. The second-order valence-corrected chi connectivity index (χ2v) is 7.86. The Morgan fingerprint density at radius 3 is 2.62 bits per heavy atom. The largest absolute Gasteiger partial charge is 0.381 e. The molecule has 0 bridgehead atoms. The van der Waals surface area contributed by atoms with Crippen molar-refractivity contribution >= 4 is 0 Å². The molecule has 24 heavy (non-hydrogen) atoms. The van der Waals surface area contributed by atoms with Crippen LogP contribution >= 0.6 is 0 Å². The number of nitrogens with zero attached hydrogens (tertiary/aromatic N) is 1. The molecule has 0 amide bonds. The lowest BCUT2D eigenvalue weighted by Crippen LogP contribution is -2.41. The van der Waals surface area contributed by atoms with Gasteiger partial charge >= 0.3 is 0 Å². The molecule has 0 aromatic heterocycles. The number of hydrogen-bond donors (Lipinski definition) is 1. The molecule has 0 aliphatic carbocycles. The standard InChI is InChI=1S/C20H31FN2O/c1-20(8-12-24-13-9-20)16-22-14-17-6-10-23(11-7-17)15-18-4-2-3-5-19(18)21/h2-5,17,22H,6-16H2,1H3. The van der Waals surface area contributed by atoms with Gasteiger partial charge in [0.1, 0.15) is 5.82 Å². The van der Waals surface area contributed by atoms with Crippen molar-refractivity contribution < 1.29 is 9.13 Å². The SMILES string of the molecule is CC1(CNCC2CCN(Cc3ccccc3F)CC2)CCOCC1. The van der Waals surface area contributed by atoms with Crippen LogP contribution in [0, 0.1) is 17.2 Å². The predicted octanol–water partition coefficient (Wildman–Crippen LogP) is 3.44. The molecule has 2 fully saturated rings.